The SMILES string of the molecule is CC(C)(C)c1cc2ccc3ccc(-c4ccc(-c5cc(-c6ccc(-c7ccccc7)cc6)cc(-c6ccc(-c7ccccc7)cc6)c5)cc4)c4ccc(c1)c2c34. The van der Waals surface area contributed by atoms with Gasteiger partial charge < -0.3 is 0 Å². The quantitative estimate of drug-likeness (QED) is 0.150. The molecular weight excluding hydrogens is 673 g/mol. The Kier molecular flexibility index (Phi) is 8.15. The van der Waals surface area contributed by atoms with Crippen molar-refractivity contribution in [3.8, 4) is 66.8 Å². The average Bonchev–Trinajstić information content (AvgIpc) is 3.25. The zero-order chi connectivity index (χ0) is 37.8. The maximum Gasteiger partial charge on any atom is -0.00206 e. The van der Waals surface area contributed by atoms with Crippen LogP contribution in [0.5, 0.6) is 0 Å². The van der Waals surface area contributed by atoms with Gasteiger partial charge in [-0.25, -0.2) is 0 Å². The van der Waals surface area contributed by atoms with Gasteiger partial charge in [-0.05, 0) is 128 Å². The third-order valence-corrected chi connectivity index (χ3v) is 11.6. The fourth-order valence-corrected chi connectivity index (χ4v) is 8.45. The normalized spacial score (nSPS) is 11.8. The summed E-state index contributed by atoms with van der Waals surface area (Å²) in [5, 5.41) is 7.95. The van der Waals surface area contributed by atoms with E-state index in [1.54, 1.807) is 0 Å². The minimum Gasteiger partial charge on any atom is -0.0622 e. The Balaban J connectivity index is 1.05. The predicted octanol–water partition coefficient (Wildman–Crippen LogP) is 15.9. The monoisotopic (exact) mass is 714 g/mol. The third kappa shape index (κ3) is 6.14. The first-order valence-electron chi connectivity index (χ1n) is 19.7. The van der Waals surface area contributed by atoms with Crippen LogP contribution in [0.1, 0.15) is 26.3 Å². The Morgan fingerprint density at radius 1 is 0.268 bits per heavy atom. The Bertz CT molecular complexity index is 2860. The number of hydrogen-bond donors (Lipinski definition) is 0. The van der Waals surface area contributed by atoms with Gasteiger partial charge in [-0.1, -0.05) is 203 Å². The minimum absolute atomic E-state index is 0.0949. The standard InChI is InChI=1S/C56H42/c1-56(2,3)51-35-46-27-26-45-28-30-52(53-31-29-47(36-51)54(46)55(45)53)44-24-22-43(23-25-44)50-33-48(41-18-14-39(15-19-41)37-10-6-4-7-11-37)32-49(34-50)42-20-16-40(17-21-42)38-12-8-5-9-13-38/h4-36H,1-3H3. The molecule has 0 saturated carbocycles. The molecule has 0 aliphatic rings. The summed E-state index contributed by atoms with van der Waals surface area (Å²) >= 11 is 0. The van der Waals surface area contributed by atoms with Crippen LogP contribution < -0.4 is 0 Å². The number of rotatable bonds is 6. The van der Waals surface area contributed by atoms with E-state index in [9.17, 15) is 0 Å². The van der Waals surface area contributed by atoms with Crippen LogP contribution in [0.3, 0.4) is 0 Å². The second-order valence-electron chi connectivity index (χ2n) is 16.2. The summed E-state index contributed by atoms with van der Waals surface area (Å²) in [5.74, 6) is 0. The molecule has 0 unspecified atom stereocenters. The van der Waals surface area contributed by atoms with Gasteiger partial charge in [0, 0.05) is 0 Å². The number of benzene rings is 10. The molecule has 0 N–H and O–H groups in total. The summed E-state index contributed by atoms with van der Waals surface area (Å²) in [6.07, 6.45) is 0. The topological polar surface area (TPSA) is 0 Å². The second kappa shape index (κ2) is 13.5. The summed E-state index contributed by atoms with van der Waals surface area (Å²) in [7, 11) is 0. The highest BCUT2D eigenvalue weighted by Gasteiger charge is 2.18. The molecule has 0 heterocycles. The summed E-state index contributed by atoms with van der Waals surface area (Å²) in [6.45, 7) is 6.89. The van der Waals surface area contributed by atoms with Gasteiger partial charge in [0.25, 0.3) is 0 Å². The predicted molar refractivity (Wildman–Crippen MR) is 241 cm³/mol. The first-order valence-corrected chi connectivity index (χ1v) is 19.7. The van der Waals surface area contributed by atoms with Crippen LogP contribution in [0.25, 0.3) is 99.1 Å². The van der Waals surface area contributed by atoms with Crippen molar-refractivity contribution >= 4 is 32.3 Å². The molecule has 0 nitrogen and oxygen atoms in total. The van der Waals surface area contributed by atoms with Gasteiger partial charge in [0.1, 0.15) is 0 Å². The van der Waals surface area contributed by atoms with E-state index in [0.717, 1.165) is 0 Å². The largest absolute Gasteiger partial charge is 0.0622 e. The summed E-state index contributed by atoms with van der Waals surface area (Å²) < 4.78 is 0. The van der Waals surface area contributed by atoms with Crippen molar-refractivity contribution < 1.29 is 0 Å². The van der Waals surface area contributed by atoms with Gasteiger partial charge >= 0.3 is 0 Å². The highest BCUT2D eigenvalue weighted by atomic mass is 14.2. The van der Waals surface area contributed by atoms with Crippen molar-refractivity contribution in [3.05, 3.63) is 206 Å². The molecule has 0 heteroatoms. The lowest BCUT2D eigenvalue weighted by molar-refractivity contribution is 0.591. The molecule has 0 aliphatic carbocycles. The molecule has 0 bridgehead atoms. The van der Waals surface area contributed by atoms with E-state index in [0.29, 0.717) is 0 Å². The van der Waals surface area contributed by atoms with Crippen LogP contribution >= 0.6 is 0 Å². The molecule has 0 spiro atoms. The lowest BCUT2D eigenvalue weighted by atomic mass is 9.82. The second-order valence-corrected chi connectivity index (χ2v) is 16.2. The molecule has 266 valence electrons. The van der Waals surface area contributed by atoms with Gasteiger partial charge in [0.2, 0.25) is 0 Å². The van der Waals surface area contributed by atoms with E-state index in [1.807, 2.05) is 0 Å². The maximum absolute atomic E-state index is 2.39. The van der Waals surface area contributed by atoms with Crippen LogP contribution in [0.15, 0.2) is 200 Å². The van der Waals surface area contributed by atoms with E-state index in [4.69, 9.17) is 0 Å². The Hall–Kier alpha value is -6.76. The van der Waals surface area contributed by atoms with Crippen molar-refractivity contribution in [1.29, 1.82) is 0 Å². The average molecular weight is 715 g/mol. The molecule has 0 atom stereocenters. The zero-order valence-corrected chi connectivity index (χ0v) is 32.1. The Morgan fingerprint density at radius 2 is 0.625 bits per heavy atom. The molecule has 0 saturated heterocycles. The molecule has 10 rings (SSSR count). The fourth-order valence-electron chi connectivity index (χ4n) is 8.45. The molecule has 10 aromatic carbocycles. The summed E-state index contributed by atoms with van der Waals surface area (Å²) in [5.41, 5.74) is 16.1. The van der Waals surface area contributed by atoms with Crippen molar-refractivity contribution in [2.24, 2.45) is 0 Å². The maximum atomic E-state index is 2.39. The van der Waals surface area contributed by atoms with Crippen molar-refractivity contribution in [2.45, 2.75) is 26.2 Å². The lowest BCUT2D eigenvalue weighted by Crippen LogP contribution is -2.10. The molecule has 0 aliphatic heterocycles. The van der Waals surface area contributed by atoms with Crippen LogP contribution in [0, 0.1) is 0 Å². The first kappa shape index (κ1) is 33.8. The van der Waals surface area contributed by atoms with E-state index in [2.05, 4.69) is 221 Å². The van der Waals surface area contributed by atoms with Crippen molar-refractivity contribution in [3.63, 3.8) is 0 Å². The highest BCUT2D eigenvalue weighted by molar-refractivity contribution is 6.25. The van der Waals surface area contributed by atoms with Crippen molar-refractivity contribution in [1.82, 2.24) is 0 Å². The molecule has 0 fully saturated rings. The Morgan fingerprint density at radius 3 is 1.07 bits per heavy atom. The molecule has 56 heavy (non-hydrogen) atoms. The van der Waals surface area contributed by atoms with Crippen LogP contribution in [0.2, 0.25) is 0 Å². The van der Waals surface area contributed by atoms with E-state index in [-0.39, 0.29) is 5.41 Å². The van der Waals surface area contributed by atoms with Gasteiger partial charge in [-0.2, -0.15) is 0 Å². The smallest absolute Gasteiger partial charge is 0.00206 e. The highest BCUT2D eigenvalue weighted by Crippen LogP contribution is 2.42. The van der Waals surface area contributed by atoms with Crippen LogP contribution in [0.4, 0.5) is 0 Å². The lowest BCUT2D eigenvalue weighted by Gasteiger charge is -2.22. The van der Waals surface area contributed by atoms with Crippen LogP contribution in [-0.2, 0) is 5.41 Å². The molecule has 0 radical (unpaired) electrons. The van der Waals surface area contributed by atoms with E-state index in [1.165, 1.54) is 105 Å². The molecule has 0 amide bonds. The third-order valence-electron chi connectivity index (χ3n) is 11.6. The van der Waals surface area contributed by atoms with E-state index < -0.39 is 0 Å². The van der Waals surface area contributed by atoms with Gasteiger partial charge in [-0.15, -0.1) is 0 Å². The fraction of sp³-hybridized carbons (Fsp3) is 0.0714. The molecule has 0 aromatic heterocycles. The minimum atomic E-state index is 0.0949. The molecule has 10 aromatic rings. The Labute approximate surface area is 329 Å². The van der Waals surface area contributed by atoms with Gasteiger partial charge in [0.15, 0.2) is 0 Å². The van der Waals surface area contributed by atoms with E-state index >= 15 is 0 Å². The molecular formula is C56H42. The summed E-state index contributed by atoms with van der Waals surface area (Å²) in [4.78, 5) is 0. The van der Waals surface area contributed by atoms with Crippen molar-refractivity contribution in [2.75, 3.05) is 0 Å². The first-order chi connectivity index (χ1) is 27.4. The summed E-state index contributed by atoms with van der Waals surface area (Å²) in [6, 6.07) is 74.0. The number of hydrogen-bond acceptors (Lipinski definition) is 0. The van der Waals surface area contributed by atoms with Gasteiger partial charge in [-0.3, -0.25) is 0 Å². The van der Waals surface area contributed by atoms with Crippen LogP contribution in [-0.4, -0.2) is 0 Å². The zero-order valence-electron chi connectivity index (χ0n) is 32.1. The van der Waals surface area contributed by atoms with Gasteiger partial charge in [0.05, 0.1) is 0 Å².